The van der Waals surface area contributed by atoms with Crippen molar-refractivity contribution in [1.29, 1.82) is 0 Å². The molecule has 0 saturated carbocycles. The summed E-state index contributed by atoms with van der Waals surface area (Å²) in [5.41, 5.74) is 7.45. The lowest BCUT2D eigenvalue weighted by atomic mass is 9.83. The Labute approximate surface area is 112 Å². The van der Waals surface area contributed by atoms with E-state index < -0.39 is 0 Å². The fraction of sp³-hybridized carbons (Fsp3) is 0.857. The maximum Gasteiger partial charge on any atom is 0.0117 e. The van der Waals surface area contributed by atoms with Crippen molar-refractivity contribution in [1.82, 2.24) is 0 Å². The Hall–Kier alpha value is 0.01000. The number of unbranched alkanes of at least 4 members (excludes halogenated alkanes) is 3. The van der Waals surface area contributed by atoms with Crippen molar-refractivity contribution in [3.8, 4) is 0 Å². The van der Waals surface area contributed by atoms with Crippen molar-refractivity contribution in [3.05, 3.63) is 10.5 Å². The smallest absolute Gasteiger partial charge is 0.0117 e. The van der Waals surface area contributed by atoms with E-state index in [-0.39, 0.29) is 11.5 Å². The van der Waals surface area contributed by atoms with Gasteiger partial charge in [0, 0.05) is 16.4 Å². The fourth-order valence-electron chi connectivity index (χ4n) is 1.94. The average molecular weight is 258 g/mol. The standard InChI is InChI=1S/C14H30N2S/c1-6-7-8-9-10-11(2)13(17-16)14(4,5)12(3)15/h12H,6-10,15-16H2,1-5H3. The first kappa shape index (κ1) is 17.0. The van der Waals surface area contributed by atoms with Crippen molar-refractivity contribution in [2.24, 2.45) is 16.3 Å². The van der Waals surface area contributed by atoms with E-state index in [0.717, 1.165) is 6.42 Å². The van der Waals surface area contributed by atoms with Gasteiger partial charge in [0.15, 0.2) is 0 Å². The summed E-state index contributed by atoms with van der Waals surface area (Å²) in [4.78, 5) is 1.27. The summed E-state index contributed by atoms with van der Waals surface area (Å²) in [6.07, 6.45) is 6.34. The van der Waals surface area contributed by atoms with Gasteiger partial charge in [-0.2, -0.15) is 0 Å². The summed E-state index contributed by atoms with van der Waals surface area (Å²) in [5.74, 6) is 0. The molecule has 0 aliphatic heterocycles. The van der Waals surface area contributed by atoms with Gasteiger partial charge < -0.3 is 5.73 Å². The monoisotopic (exact) mass is 258 g/mol. The van der Waals surface area contributed by atoms with Crippen LogP contribution in [-0.4, -0.2) is 6.04 Å². The van der Waals surface area contributed by atoms with E-state index in [1.165, 1.54) is 48.1 Å². The van der Waals surface area contributed by atoms with E-state index in [9.17, 15) is 0 Å². The van der Waals surface area contributed by atoms with E-state index in [0.29, 0.717) is 0 Å². The lowest BCUT2D eigenvalue weighted by Gasteiger charge is -2.32. The largest absolute Gasteiger partial charge is 0.327 e. The highest BCUT2D eigenvalue weighted by Gasteiger charge is 2.29. The molecular formula is C14H30N2S. The van der Waals surface area contributed by atoms with Gasteiger partial charge >= 0.3 is 0 Å². The molecule has 0 heterocycles. The second kappa shape index (κ2) is 8.17. The Morgan fingerprint density at radius 1 is 1.24 bits per heavy atom. The highest BCUT2D eigenvalue weighted by atomic mass is 32.2. The molecule has 0 aliphatic rings. The molecule has 0 aliphatic carbocycles. The minimum absolute atomic E-state index is 0.0196. The van der Waals surface area contributed by atoms with Gasteiger partial charge in [-0.15, -0.1) is 0 Å². The number of hydrogen-bond donors (Lipinski definition) is 2. The summed E-state index contributed by atoms with van der Waals surface area (Å²) in [6.45, 7) is 10.9. The van der Waals surface area contributed by atoms with Crippen molar-refractivity contribution >= 4 is 11.9 Å². The van der Waals surface area contributed by atoms with Crippen LogP contribution in [0, 0.1) is 5.41 Å². The summed E-state index contributed by atoms with van der Waals surface area (Å²) < 4.78 is 0. The van der Waals surface area contributed by atoms with Crippen LogP contribution in [0.3, 0.4) is 0 Å². The Bertz CT molecular complexity index is 245. The molecule has 3 heteroatoms. The molecule has 0 amide bonds. The predicted octanol–water partition coefficient (Wildman–Crippen LogP) is 4.21. The Kier molecular flexibility index (Phi) is 8.18. The summed E-state index contributed by atoms with van der Waals surface area (Å²) in [6, 6.07) is 0.124. The first-order valence-corrected chi connectivity index (χ1v) is 7.58. The molecule has 102 valence electrons. The number of hydrogen-bond acceptors (Lipinski definition) is 3. The normalized spacial score (nSPS) is 15.7. The van der Waals surface area contributed by atoms with E-state index in [2.05, 4.69) is 34.6 Å². The van der Waals surface area contributed by atoms with Crippen LogP contribution in [0.15, 0.2) is 10.5 Å². The molecule has 0 radical (unpaired) electrons. The third-order valence-electron chi connectivity index (χ3n) is 3.63. The maximum atomic E-state index is 6.06. The lowest BCUT2D eigenvalue weighted by molar-refractivity contribution is 0.382. The molecule has 0 aromatic carbocycles. The van der Waals surface area contributed by atoms with Gasteiger partial charge in [-0.05, 0) is 26.7 Å². The molecule has 1 atom stereocenters. The molecule has 0 saturated heterocycles. The van der Waals surface area contributed by atoms with Crippen LogP contribution >= 0.6 is 11.9 Å². The predicted molar refractivity (Wildman–Crippen MR) is 80.7 cm³/mol. The highest BCUT2D eigenvalue weighted by Crippen LogP contribution is 2.38. The lowest BCUT2D eigenvalue weighted by Crippen LogP contribution is -2.36. The molecule has 1 unspecified atom stereocenters. The van der Waals surface area contributed by atoms with Gasteiger partial charge in [0.25, 0.3) is 0 Å². The van der Waals surface area contributed by atoms with E-state index in [1.807, 2.05) is 0 Å². The number of nitrogens with two attached hydrogens (primary N) is 2. The fourth-order valence-corrected chi connectivity index (χ4v) is 2.73. The highest BCUT2D eigenvalue weighted by molar-refractivity contribution is 8.01. The van der Waals surface area contributed by atoms with E-state index in [4.69, 9.17) is 10.9 Å². The second-order valence-electron chi connectivity index (χ2n) is 5.55. The molecule has 0 fully saturated rings. The maximum absolute atomic E-state index is 6.06. The van der Waals surface area contributed by atoms with Gasteiger partial charge in [-0.3, -0.25) is 5.14 Å². The van der Waals surface area contributed by atoms with Crippen molar-refractivity contribution < 1.29 is 0 Å². The zero-order valence-electron chi connectivity index (χ0n) is 12.2. The van der Waals surface area contributed by atoms with Crippen molar-refractivity contribution in [3.63, 3.8) is 0 Å². The minimum Gasteiger partial charge on any atom is -0.327 e. The number of rotatable bonds is 8. The third kappa shape index (κ3) is 5.45. The van der Waals surface area contributed by atoms with E-state index in [1.54, 1.807) is 0 Å². The number of allylic oxidation sites excluding steroid dienone is 1. The summed E-state index contributed by atoms with van der Waals surface area (Å²) in [7, 11) is 0. The molecule has 0 aromatic heterocycles. The molecule has 0 aromatic rings. The SMILES string of the molecule is CCCCCCC(C)=C(SN)C(C)(C)C(C)N. The molecule has 17 heavy (non-hydrogen) atoms. The summed E-state index contributed by atoms with van der Waals surface area (Å²) >= 11 is 1.38. The Morgan fingerprint density at radius 3 is 2.24 bits per heavy atom. The van der Waals surface area contributed by atoms with Gasteiger partial charge in [0.1, 0.15) is 0 Å². The van der Waals surface area contributed by atoms with Crippen LogP contribution in [-0.2, 0) is 0 Å². The first-order chi connectivity index (χ1) is 7.87. The molecule has 2 nitrogen and oxygen atoms in total. The molecule has 0 bridgehead atoms. The molecule has 4 N–H and O–H groups in total. The van der Waals surface area contributed by atoms with Crippen molar-refractivity contribution in [2.45, 2.75) is 72.8 Å². The van der Waals surface area contributed by atoms with Crippen LogP contribution in [0.1, 0.15) is 66.7 Å². The van der Waals surface area contributed by atoms with Crippen LogP contribution in [0.2, 0.25) is 0 Å². The Morgan fingerprint density at radius 2 is 1.82 bits per heavy atom. The topological polar surface area (TPSA) is 52.0 Å². The first-order valence-electron chi connectivity index (χ1n) is 6.70. The average Bonchev–Trinajstić information content (AvgIpc) is 2.24. The molecular weight excluding hydrogens is 228 g/mol. The zero-order chi connectivity index (χ0) is 13.5. The van der Waals surface area contributed by atoms with Gasteiger partial charge in [-0.1, -0.05) is 57.6 Å². The second-order valence-corrected chi connectivity index (χ2v) is 6.19. The van der Waals surface area contributed by atoms with Gasteiger partial charge in [0.05, 0.1) is 0 Å². The van der Waals surface area contributed by atoms with Crippen LogP contribution < -0.4 is 10.9 Å². The van der Waals surface area contributed by atoms with Crippen LogP contribution in [0.4, 0.5) is 0 Å². The Balaban J connectivity index is 4.59. The van der Waals surface area contributed by atoms with Crippen LogP contribution in [0.25, 0.3) is 0 Å². The third-order valence-corrected chi connectivity index (χ3v) is 4.74. The summed E-state index contributed by atoms with van der Waals surface area (Å²) in [5, 5.41) is 5.83. The van der Waals surface area contributed by atoms with E-state index >= 15 is 0 Å². The minimum atomic E-state index is -0.0196. The zero-order valence-corrected chi connectivity index (χ0v) is 13.0. The molecule has 0 rings (SSSR count). The van der Waals surface area contributed by atoms with Gasteiger partial charge in [-0.25, -0.2) is 0 Å². The van der Waals surface area contributed by atoms with Crippen molar-refractivity contribution in [2.75, 3.05) is 0 Å². The quantitative estimate of drug-likeness (QED) is 0.506. The molecule has 0 spiro atoms. The van der Waals surface area contributed by atoms with Gasteiger partial charge in [0.2, 0.25) is 0 Å². The van der Waals surface area contributed by atoms with Crippen LogP contribution in [0.5, 0.6) is 0 Å².